The third-order valence-corrected chi connectivity index (χ3v) is 4.86. The smallest absolute Gasteiger partial charge is 0.416 e. The van der Waals surface area contributed by atoms with Crippen molar-refractivity contribution in [1.29, 1.82) is 0 Å². The molecule has 7 nitrogen and oxygen atoms in total. The number of halogens is 3. The van der Waals surface area contributed by atoms with Gasteiger partial charge in [-0.3, -0.25) is 4.79 Å². The second kappa shape index (κ2) is 9.97. The maximum absolute atomic E-state index is 13.0. The molecule has 0 unspecified atom stereocenters. The lowest BCUT2D eigenvalue weighted by Gasteiger charge is -2.15. The minimum absolute atomic E-state index is 0.0438. The van der Waals surface area contributed by atoms with Crippen molar-refractivity contribution in [3.05, 3.63) is 29.6 Å². The highest BCUT2D eigenvalue weighted by atomic mass is 32.2. The van der Waals surface area contributed by atoms with Crippen LogP contribution in [0.3, 0.4) is 0 Å². The zero-order chi connectivity index (χ0) is 21.6. The van der Waals surface area contributed by atoms with E-state index in [1.807, 2.05) is 13.8 Å². The lowest BCUT2D eigenvalue weighted by atomic mass is 10.1. The second-order valence-electron chi connectivity index (χ2n) is 6.44. The van der Waals surface area contributed by atoms with E-state index >= 15 is 0 Å². The van der Waals surface area contributed by atoms with Gasteiger partial charge in [0.05, 0.1) is 23.6 Å². The van der Waals surface area contributed by atoms with Crippen molar-refractivity contribution >= 4 is 23.4 Å². The van der Waals surface area contributed by atoms with Gasteiger partial charge < -0.3 is 19.4 Å². The Labute approximate surface area is 171 Å². The minimum Gasteiger partial charge on any atom is -0.489 e. The summed E-state index contributed by atoms with van der Waals surface area (Å²) in [6, 6.07) is 2.93. The van der Waals surface area contributed by atoms with Gasteiger partial charge in [0.15, 0.2) is 5.16 Å². The number of thioether (sulfide) groups is 1. The maximum Gasteiger partial charge on any atom is 0.416 e. The van der Waals surface area contributed by atoms with Crippen molar-refractivity contribution in [3.63, 3.8) is 0 Å². The van der Waals surface area contributed by atoms with E-state index in [4.69, 9.17) is 9.47 Å². The van der Waals surface area contributed by atoms with Crippen LogP contribution in [0.1, 0.15) is 31.2 Å². The molecule has 0 saturated heterocycles. The summed E-state index contributed by atoms with van der Waals surface area (Å²) in [4.78, 5) is 12.3. The Kier molecular flexibility index (Phi) is 7.91. The van der Waals surface area contributed by atoms with Crippen LogP contribution in [0.25, 0.3) is 0 Å². The van der Waals surface area contributed by atoms with Crippen LogP contribution in [0.2, 0.25) is 0 Å². The predicted octanol–water partition coefficient (Wildman–Crippen LogP) is 3.71. The Bertz CT molecular complexity index is 840. The van der Waals surface area contributed by atoms with E-state index in [2.05, 4.69) is 15.5 Å². The van der Waals surface area contributed by atoms with Gasteiger partial charge >= 0.3 is 6.18 Å². The van der Waals surface area contributed by atoms with Gasteiger partial charge in [-0.25, -0.2) is 0 Å². The Morgan fingerprint density at radius 3 is 2.59 bits per heavy atom. The summed E-state index contributed by atoms with van der Waals surface area (Å²) < 4.78 is 51.2. The van der Waals surface area contributed by atoms with Gasteiger partial charge in [0, 0.05) is 20.1 Å². The first-order chi connectivity index (χ1) is 13.6. The van der Waals surface area contributed by atoms with Gasteiger partial charge in [0.25, 0.3) is 0 Å². The number of ether oxygens (including phenoxy) is 2. The Balaban J connectivity index is 2.10. The largest absolute Gasteiger partial charge is 0.489 e. The lowest BCUT2D eigenvalue weighted by Crippen LogP contribution is -2.17. The van der Waals surface area contributed by atoms with Crippen molar-refractivity contribution in [2.75, 3.05) is 31.4 Å². The molecule has 0 spiro atoms. The Morgan fingerprint density at radius 2 is 2.00 bits per heavy atom. The molecule has 11 heteroatoms. The number of methoxy groups -OCH3 is 1. The number of hydrogen-bond acceptors (Lipinski definition) is 6. The molecule has 0 saturated carbocycles. The number of nitrogens with zero attached hydrogens (tertiary/aromatic N) is 3. The molecule has 0 aliphatic rings. The number of benzene rings is 1. The normalized spacial score (nSPS) is 11.7. The van der Waals surface area contributed by atoms with E-state index in [1.54, 1.807) is 11.6 Å². The molecular weight excluding hydrogens is 409 g/mol. The quantitative estimate of drug-likeness (QED) is 0.481. The molecule has 0 bridgehead atoms. The molecule has 0 radical (unpaired) electrons. The van der Waals surface area contributed by atoms with Crippen LogP contribution in [0.4, 0.5) is 18.9 Å². The molecule has 160 valence electrons. The molecule has 0 aliphatic heterocycles. The van der Waals surface area contributed by atoms with Crippen molar-refractivity contribution in [3.8, 4) is 5.75 Å². The molecule has 1 aromatic carbocycles. The molecule has 1 heterocycles. The van der Waals surface area contributed by atoms with E-state index in [9.17, 15) is 18.0 Å². The number of rotatable bonds is 9. The minimum atomic E-state index is -4.54. The SMILES string of the molecule is COCCOc1ccc(C(F)(F)F)cc1NC(=O)CSc1nnc(C(C)C)n1C. The average molecular weight is 432 g/mol. The van der Waals surface area contributed by atoms with E-state index in [1.165, 1.54) is 13.2 Å². The van der Waals surface area contributed by atoms with Crippen LogP contribution >= 0.6 is 11.8 Å². The number of amides is 1. The van der Waals surface area contributed by atoms with E-state index < -0.39 is 17.6 Å². The van der Waals surface area contributed by atoms with Gasteiger partial charge in [-0.15, -0.1) is 10.2 Å². The number of alkyl halides is 3. The first-order valence-electron chi connectivity index (χ1n) is 8.78. The molecule has 1 amide bonds. The summed E-state index contributed by atoms with van der Waals surface area (Å²) in [5, 5.41) is 11.1. The van der Waals surface area contributed by atoms with Crippen LogP contribution in [0.15, 0.2) is 23.4 Å². The van der Waals surface area contributed by atoms with Crippen molar-refractivity contribution in [2.24, 2.45) is 7.05 Å². The van der Waals surface area contributed by atoms with Crippen LogP contribution in [0, 0.1) is 0 Å². The van der Waals surface area contributed by atoms with Crippen LogP contribution in [-0.2, 0) is 22.8 Å². The number of aromatic nitrogens is 3. The molecule has 0 atom stereocenters. The predicted molar refractivity (Wildman–Crippen MR) is 103 cm³/mol. The van der Waals surface area contributed by atoms with E-state index in [0.29, 0.717) is 5.16 Å². The van der Waals surface area contributed by atoms with Gasteiger partial charge in [-0.2, -0.15) is 13.2 Å². The van der Waals surface area contributed by atoms with Crippen LogP contribution < -0.4 is 10.1 Å². The van der Waals surface area contributed by atoms with Gasteiger partial charge in [0.1, 0.15) is 18.2 Å². The maximum atomic E-state index is 13.0. The van der Waals surface area contributed by atoms with Crippen LogP contribution in [0.5, 0.6) is 5.75 Å². The first kappa shape index (κ1) is 23.0. The third-order valence-electron chi connectivity index (χ3n) is 3.84. The molecule has 1 N–H and O–H groups in total. The molecular formula is C18H23F3N4O3S. The summed E-state index contributed by atoms with van der Waals surface area (Å²) in [6.45, 7) is 4.35. The summed E-state index contributed by atoms with van der Waals surface area (Å²) in [5.41, 5.74) is -0.934. The lowest BCUT2D eigenvalue weighted by molar-refractivity contribution is -0.137. The molecule has 0 aliphatic carbocycles. The second-order valence-corrected chi connectivity index (χ2v) is 7.38. The highest BCUT2D eigenvalue weighted by Gasteiger charge is 2.31. The number of carbonyl (C=O) groups excluding carboxylic acids is 1. The van der Waals surface area contributed by atoms with Crippen molar-refractivity contribution < 1.29 is 27.4 Å². The van der Waals surface area contributed by atoms with E-state index in [0.717, 1.165) is 29.7 Å². The fraction of sp³-hybridized carbons (Fsp3) is 0.500. The molecule has 2 aromatic rings. The Morgan fingerprint density at radius 1 is 1.28 bits per heavy atom. The number of hydrogen-bond donors (Lipinski definition) is 1. The molecule has 1 aromatic heterocycles. The van der Waals surface area contributed by atoms with Gasteiger partial charge in [0.2, 0.25) is 5.91 Å². The van der Waals surface area contributed by atoms with Gasteiger partial charge in [-0.05, 0) is 18.2 Å². The topological polar surface area (TPSA) is 78.3 Å². The van der Waals surface area contributed by atoms with Crippen molar-refractivity contribution in [2.45, 2.75) is 31.1 Å². The summed E-state index contributed by atoms with van der Waals surface area (Å²) in [6.07, 6.45) is -4.54. The Hall–Kier alpha value is -2.27. The highest BCUT2D eigenvalue weighted by molar-refractivity contribution is 7.99. The summed E-state index contributed by atoms with van der Waals surface area (Å²) in [5.74, 6) is 0.555. The summed E-state index contributed by atoms with van der Waals surface area (Å²) >= 11 is 1.14. The van der Waals surface area contributed by atoms with E-state index in [-0.39, 0.29) is 36.3 Å². The fourth-order valence-corrected chi connectivity index (χ4v) is 3.15. The molecule has 0 fully saturated rings. The zero-order valence-electron chi connectivity index (χ0n) is 16.5. The number of anilines is 1. The monoisotopic (exact) mass is 432 g/mol. The summed E-state index contributed by atoms with van der Waals surface area (Å²) in [7, 11) is 3.28. The van der Waals surface area contributed by atoms with Crippen molar-refractivity contribution in [1.82, 2.24) is 14.8 Å². The third kappa shape index (κ3) is 6.36. The number of carbonyl (C=O) groups is 1. The first-order valence-corrected chi connectivity index (χ1v) is 9.77. The zero-order valence-corrected chi connectivity index (χ0v) is 17.4. The fourth-order valence-electron chi connectivity index (χ4n) is 2.44. The molecule has 29 heavy (non-hydrogen) atoms. The standard InChI is InChI=1S/C18H23F3N4O3S/c1-11(2)16-23-24-17(25(16)3)29-10-15(26)22-13-9-12(18(19,20)21)5-6-14(13)28-8-7-27-4/h5-6,9,11H,7-8,10H2,1-4H3,(H,22,26). The highest BCUT2D eigenvalue weighted by Crippen LogP contribution is 2.35. The average Bonchev–Trinajstić information content (AvgIpc) is 3.01. The van der Waals surface area contributed by atoms with Crippen LogP contribution in [-0.4, -0.2) is 46.7 Å². The number of nitrogens with one attached hydrogen (secondary N) is 1. The van der Waals surface area contributed by atoms with Gasteiger partial charge in [-0.1, -0.05) is 25.6 Å². The molecule has 2 rings (SSSR count).